The van der Waals surface area contributed by atoms with Crippen LogP contribution in [0.2, 0.25) is 0 Å². The van der Waals surface area contributed by atoms with Crippen molar-refractivity contribution in [3.05, 3.63) is 59.9 Å². The average Bonchev–Trinajstić information content (AvgIpc) is 3.31. The highest BCUT2D eigenvalue weighted by atomic mass is 16.5. The molecule has 2 heteroatoms. The van der Waals surface area contributed by atoms with E-state index >= 15 is 0 Å². The predicted octanol–water partition coefficient (Wildman–Crippen LogP) is 4.63. The van der Waals surface area contributed by atoms with Gasteiger partial charge < -0.3 is 4.74 Å². The van der Waals surface area contributed by atoms with E-state index in [2.05, 4.69) is 48.6 Å². The van der Waals surface area contributed by atoms with Crippen LogP contribution in [0.25, 0.3) is 0 Å². The van der Waals surface area contributed by atoms with Gasteiger partial charge in [-0.3, -0.25) is 4.79 Å². The van der Waals surface area contributed by atoms with Crippen molar-refractivity contribution >= 4 is 5.78 Å². The van der Waals surface area contributed by atoms with E-state index < -0.39 is 0 Å². The summed E-state index contributed by atoms with van der Waals surface area (Å²) in [6, 6.07) is 10.7. The van der Waals surface area contributed by atoms with Crippen molar-refractivity contribution in [2.45, 2.75) is 44.1 Å². The molecule has 2 saturated carbocycles. The van der Waals surface area contributed by atoms with Gasteiger partial charge in [0.2, 0.25) is 5.78 Å². The molecule has 0 aliphatic heterocycles. The van der Waals surface area contributed by atoms with Gasteiger partial charge in [0.15, 0.2) is 5.76 Å². The minimum atomic E-state index is 0.154. The lowest BCUT2D eigenvalue weighted by molar-refractivity contribution is -0.124. The second-order valence-corrected chi connectivity index (χ2v) is 7.90. The van der Waals surface area contributed by atoms with Crippen molar-refractivity contribution in [2.24, 2.45) is 23.7 Å². The number of benzene rings is 1. The summed E-state index contributed by atoms with van der Waals surface area (Å²) in [7, 11) is 0. The molecule has 0 radical (unpaired) electrons. The summed E-state index contributed by atoms with van der Waals surface area (Å²) in [6.07, 6.45) is 12.7. The Hall–Kier alpha value is -1.83. The molecule has 2 fully saturated rings. The van der Waals surface area contributed by atoms with E-state index in [-0.39, 0.29) is 17.8 Å². The molecule has 1 aromatic carbocycles. The molecular weight excluding hydrogens is 296 g/mol. The Labute approximate surface area is 143 Å². The standard InChI is InChI=1S/C22H24O2/c23-22-20(13-18-15-10-11-16(12-15)21(18)22)24-19-9-5-4-8-17(19)14-6-2-1-3-7-14/h1-3,6-7,10-11,13,15-19,21H,4-5,8-9,12H2/t15-,16+,17+,18+,19-,21-/m0/s1. The Morgan fingerprint density at radius 2 is 1.75 bits per heavy atom. The van der Waals surface area contributed by atoms with Gasteiger partial charge in [-0.25, -0.2) is 0 Å². The van der Waals surface area contributed by atoms with Crippen molar-refractivity contribution in [1.82, 2.24) is 0 Å². The molecule has 4 aliphatic carbocycles. The average molecular weight is 320 g/mol. The highest BCUT2D eigenvalue weighted by Crippen LogP contribution is 2.53. The van der Waals surface area contributed by atoms with Crippen LogP contribution in [0.3, 0.4) is 0 Å². The number of Topliss-reactive ketones (excluding diaryl/α,β-unsaturated/α-hetero) is 1. The SMILES string of the molecule is O=C1C(O[C@H]2CCCC[C@@H]2c2ccccc2)=C[C@H]2[C@@H]1[C@@H]1C=C[C@H]2C1. The highest BCUT2D eigenvalue weighted by Gasteiger charge is 2.52. The maximum absolute atomic E-state index is 12.9. The second kappa shape index (κ2) is 5.61. The third kappa shape index (κ3) is 2.19. The van der Waals surface area contributed by atoms with Gasteiger partial charge in [0.25, 0.3) is 0 Å². The van der Waals surface area contributed by atoms with E-state index in [0.717, 1.165) is 12.8 Å². The molecule has 0 saturated heterocycles. The Bertz CT molecular complexity index is 702. The summed E-state index contributed by atoms with van der Waals surface area (Å²) in [5, 5.41) is 0. The van der Waals surface area contributed by atoms with Crippen LogP contribution < -0.4 is 0 Å². The van der Waals surface area contributed by atoms with Crippen LogP contribution in [0.5, 0.6) is 0 Å². The quantitative estimate of drug-likeness (QED) is 0.759. The molecule has 24 heavy (non-hydrogen) atoms. The first-order valence-corrected chi connectivity index (χ1v) is 9.47. The van der Waals surface area contributed by atoms with E-state index in [9.17, 15) is 4.79 Å². The Morgan fingerprint density at radius 3 is 2.58 bits per heavy atom. The van der Waals surface area contributed by atoms with Crippen LogP contribution in [0.1, 0.15) is 43.6 Å². The number of ketones is 1. The minimum absolute atomic E-state index is 0.154. The van der Waals surface area contributed by atoms with E-state index in [4.69, 9.17) is 4.74 Å². The van der Waals surface area contributed by atoms with Crippen LogP contribution in [-0.2, 0) is 9.53 Å². The largest absolute Gasteiger partial charge is 0.486 e. The van der Waals surface area contributed by atoms with Gasteiger partial charge in [0.05, 0.1) is 0 Å². The molecule has 0 heterocycles. The van der Waals surface area contributed by atoms with Crippen LogP contribution >= 0.6 is 0 Å². The van der Waals surface area contributed by atoms with Gasteiger partial charge in [-0.05, 0) is 55.1 Å². The topological polar surface area (TPSA) is 26.3 Å². The first kappa shape index (κ1) is 14.5. The van der Waals surface area contributed by atoms with Crippen molar-refractivity contribution in [1.29, 1.82) is 0 Å². The maximum Gasteiger partial charge on any atom is 0.201 e. The molecule has 4 aliphatic rings. The van der Waals surface area contributed by atoms with Gasteiger partial charge in [-0.1, -0.05) is 48.9 Å². The number of hydrogen-bond donors (Lipinski definition) is 0. The van der Waals surface area contributed by atoms with E-state index in [1.807, 2.05) is 0 Å². The molecule has 0 N–H and O–H groups in total. The van der Waals surface area contributed by atoms with E-state index in [1.165, 1.54) is 24.8 Å². The molecule has 0 unspecified atom stereocenters. The summed E-state index contributed by atoms with van der Waals surface area (Å²) < 4.78 is 6.38. The normalized spacial score (nSPS) is 39.8. The van der Waals surface area contributed by atoms with Crippen LogP contribution in [0.4, 0.5) is 0 Å². The number of carbonyl (C=O) groups is 1. The summed E-state index contributed by atoms with van der Waals surface area (Å²) in [4.78, 5) is 12.9. The fourth-order valence-corrected chi connectivity index (χ4v) is 5.46. The number of carbonyl (C=O) groups excluding carboxylic acids is 1. The molecule has 5 rings (SSSR count). The smallest absolute Gasteiger partial charge is 0.201 e. The second-order valence-electron chi connectivity index (χ2n) is 7.90. The van der Waals surface area contributed by atoms with Gasteiger partial charge in [-0.15, -0.1) is 0 Å². The molecule has 2 nitrogen and oxygen atoms in total. The maximum atomic E-state index is 12.9. The molecule has 124 valence electrons. The monoisotopic (exact) mass is 320 g/mol. The summed E-state index contributed by atoms with van der Waals surface area (Å²) in [6.45, 7) is 0. The fourth-order valence-electron chi connectivity index (χ4n) is 5.46. The lowest BCUT2D eigenvalue weighted by Gasteiger charge is -2.32. The third-order valence-corrected chi connectivity index (χ3v) is 6.62. The summed E-state index contributed by atoms with van der Waals surface area (Å²) in [5.74, 6) is 2.98. The first-order valence-electron chi connectivity index (χ1n) is 9.47. The summed E-state index contributed by atoms with van der Waals surface area (Å²) >= 11 is 0. The molecule has 0 aromatic heterocycles. The van der Waals surface area contributed by atoms with Gasteiger partial charge in [0, 0.05) is 11.8 Å². The van der Waals surface area contributed by atoms with Crippen LogP contribution in [-0.4, -0.2) is 11.9 Å². The number of hydrogen-bond acceptors (Lipinski definition) is 2. The molecule has 2 bridgehead atoms. The van der Waals surface area contributed by atoms with Gasteiger partial charge in [-0.2, -0.15) is 0 Å². The minimum Gasteiger partial charge on any atom is -0.486 e. The highest BCUT2D eigenvalue weighted by molar-refractivity contribution is 5.99. The third-order valence-electron chi connectivity index (χ3n) is 6.62. The zero-order valence-corrected chi connectivity index (χ0v) is 13.9. The van der Waals surface area contributed by atoms with E-state index in [1.54, 1.807) is 0 Å². The number of ether oxygens (including phenoxy) is 1. The van der Waals surface area contributed by atoms with Crippen molar-refractivity contribution in [3.8, 4) is 0 Å². The molecular formula is C22H24O2. The summed E-state index contributed by atoms with van der Waals surface area (Å²) in [5.41, 5.74) is 1.36. The molecule has 0 spiro atoms. The van der Waals surface area contributed by atoms with Crippen molar-refractivity contribution in [2.75, 3.05) is 0 Å². The van der Waals surface area contributed by atoms with Gasteiger partial charge in [0.1, 0.15) is 6.10 Å². The lowest BCUT2D eigenvalue weighted by atomic mass is 9.81. The fraction of sp³-hybridized carbons (Fsp3) is 0.500. The number of rotatable bonds is 3. The van der Waals surface area contributed by atoms with Crippen molar-refractivity contribution < 1.29 is 9.53 Å². The molecule has 1 aromatic rings. The number of allylic oxidation sites excluding steroid dienone is 4. The predicted molar refractivity (Wildman–Crippen MR) is 93.3 cm³/mol. The van der Waals surface area contributed by atoms with Crippen LogP contribution in [0.15, 0.2) is 54.3 Å². The first-order chi connectivity index (χ1) is 11.8. The molecule has 0 amide bonds. The lowest BCUT2D eigenvalue weighted by Crippen LogP contribution is -2.28. The van der Waals surface area contributed by atoms with Crippen LogP contribution in [0, 0.1) is 23.7 Å². The Kier molecular flexibility index (Phi) is 3.39. The zero-order chi connectivity index (χ0) is 16.1. The van der Waals surface area contributed by atoms with Gasteiger partial charge >= 0.3 is 0 Å². The zero-order valence-electron chi connectivity index (χ0n) is 13.9. The Morgan fingerprint density at radius 1 is 0.958 bits per heavy atom. The number of fused-ring (bicyclic) bond motifs is 5. The van der Waals surface area contributed by atoms with Crippen molar-refractivity contribution in [3.63, 3.8) is 0 Å². The van der Waals surface area contributed by atoms with E-state index in [0.29, 0.717) is 29.4 Å². The Balaban J connectivity index is 1.37. The molecule has 6 atom stereocenters.